The lowest BCUT2D eigenvalue weighted by Gasteiger charge is -2.21. The third kappa shape index (κ3) is 3.67. The van der Waals surface area contributed by atoms with Crippen LogP contribution in [0.25, 0.3) is 10.9 Å². The van der Waals surface area contributed by atoms with Crippen LogP contribution in [0.4, 0.5) is 0 Å². The molecule has 0 saturated heterocycles. The van der Waals surface area contributed by atoms with Gasteiger partial charge in [0.05, 0.1) is 43.5 Å². The molecule has 0 saturated carbocycles. The molecule has 2 heterocycles. The lowest BCUT2D eigenvalue weighted by molar-refractivity contribution is 0.0737. The summed E-state index contributed by atoms with van der Waals surface area (Å²) in [5.41, 5.74) is 2.02. The number of ether oxygens (including phenoxy) is 1. The van der Waals surface area contributed by atoms with Crippen LogP contribution >= 0.6 is 0 Å². The van der Waals surface area contributed by atoms with E-state index in [9.17, 15) is 4.79 Å². The van der Waals surface area contributed by atoms with Crippen LogP contribution in [0.3, 0.4) is 0 Å². The van der Waals surface area contributed by atoms with Crippen LogP contribution in [0, 0.1) is 18.3 Å². The minimum absolute atomic E-state index is 0.166. The predicted molar refractivity (Wildman–Crippen MR) is 96.7 cm³/mol. The summed E-state index contributed by atoms with van der Waals surface area (Å²) in [4.78, 5) is 19.4. The van der Waals surface area contributed by atoms with Crippen molar-refractivity contribution >= 4 is 16.8 Å². The van der Waals surface area contributed by atoms with Crippen molar-refractivity contribution in [3.63, 3.8) is 0 Å². The van der Waals surface area contributed by atoms with Crippen LogP contribution in [-0.2, 0) is 6.54 Å². The van der Waals surface area contributed by atoms with E-state index in [0.717, 1.165) is 16.6 Å². The number of furan rings is 1. The number of aromatic nitrogens is 1. The topological polar surface area (TPSA) is 79.4 Å². The molecule has 0 spiro atoms. The minimum atomic E-state index is -0.166. The van der Waals surface area contributed by atoms with Crippen molar-refractivity contribution in [1.82, 2.24) is 9.88 Å². The molecule has 0 aliphatic carbocycles. The van der Waals surface area contributed by atoms with Gasteiger partial charge in [-0.2, -0.15) is 5.26 Å². The number of benzene rings is 1. The first-order valence-electron chi connectivity index (χ1n) is 8.26. The second kappa shape index (κ2) is 7.70. The van der Waals surface area contributed by atoms with Gasteiger partial charge >= 0.3 is 0 Å². The van der Waals surface area contributed by atoms with Gasteiger partial charge in [-0.25, -0.2) is 0 Å². The van der Waals surface area contributed by atoms with Crippen LogP contribution in [0.1, 0.15) is 28.2 Å². The molecular formula is C20H19N3O3. The SMILES string of the molecule is COc1ccc2nc(C)cc(C(=O)N(CCC#N)Cc3ccco3)c2c1. The van der Waals surface area contributed by atoms with E-state index in [-0.39, 0.29) is 12.3 Å². The third-order valence-corrected chi connectivity index (χ3v) is 4.08. The van der Waals surface area contributed by atoms with Gasteiger partial charge in [0.2, 0.25) is 0 Å². The molecule has 6 heteroatoms. The number of rotatable bonds is 6. The van der Waals surface area contributed by atoms with Crippen LogP contribution in [-0.4, -0.2) is 29.4 Å². The Bertz CT molecular complexity index is 958. The van der Waals surface area contributed by atoms with E-state index in [1.165, 1.54) is 0 Å². The van der Waals surface area contributed by atoms with Crippen molar-refractivity contribution in [2.75, 3.05) is 13.7 Å². The lowest BCUT2D eigenvalue weighted by atomic mass is 10.1. The van der Waals surface area contributed by atoms with Gasteiger partial charge in [-0.3, -0.25) is 9.78 Å². The standard InChI is InChI=1S/C20H19N3O3/c1-14-11-18(17-12-15(25-2)6-7-19(17)22-14)20(24)23(9-4-8-21)13-16-5-3-10-26-16/h3,5-7,10-12H,4,9,13H2,1-2H3. The summed E-state index contributed by atoms with van der Waals surface area (Å²) in [6, 6.07) is 12.9. The highest BCUT2D eigenvalue weighted by molar-refractivity contribution is 6.06. The second-order valence-corrected chi connectivity index (χ2v) is 5.91. The molecule has 6 nitrogen and oxygen atoms in total. The molecule has 0 N–H and O–H groups in total. The normalized spacial score (nSPS) is 10.5. The number of hydrogen-bond donors (Lipinski definition) is 0. The largest absolute Gasteiger partial charge is 0.497 e. The van der Waals surface area contributed by atoms with Crippen molar-refractivity contribution in [3.05, 3.63) is 59.7 Å². The van der Waals surface area contributed by atoms with E-state index in [1.807, 2.05) is 31.2 Å². The van der Waals surface area contributed by atoms with Crippen molar-refractivity contribution < 1.29 is 13.9 Å². The molecule has 0 unspecified atom stereocenters. The van der Waals surface area contributed by atoms with Gasteiger partial charge < -0.3 is 14.1 Å². The van der Waals surface area contributed by atoms with E-state index >= 15 is 0 Å². The number of hydrogen-bond acceptors (Lipinski definition) is 5. The van der Waals surface area contributed by atoms with Gasteiger partial charge in [-0.05, 0) is 43.3 Å². The first kappa shape index (κ1) is 17.5. The quantitative estimate of drug-likeness (QED) is 0.678. The zero-order chi connectivity index (χ0) is 18.5. The van der Waals surface area contributed by atoms with E-state index in [1.54, 1.807) is 30.4 Å². The fourth-order valence-corrected chi connectivity index (χ4v) is 2.84. The summed E-state index contributed by atoms with van der Waals surface area (Å²) in [5.74, 6) is 1.16. The average molecular weight is 349 g/mol. The molecule has 2 aromatic heterocycles. The summed E-state index contributed by atoms with van der Waals surface area (Å²) < 4.78 is 10.7. The Kier molecular flexibility index (Phi) is 5.18. The average Bonchev–Trinajstić information content (AvgIpc) is 3.16. The minimum Gasteiger partial charge on any atom is -0.497 e. The first-order valence-corrected chi connectivity index (χ1v) is 8.26. The molecule has 0 radical (unpaired) electrons. The Morgan fingerprint density at radius 1 is 1.35 bits per heavy atom. The highest BCUT2D eigenvalue weighted by Crippen LogP contribution is 2.25. The van der Waals surface area contributed by atoms with Gasteiger partial charge in [0.15, 0.2) is 0 Å². The van der Waals surface area contributed by atoms with Gasteiger partial charge in [-0.15, -0.1) is 0 Å². The number of amides is 1. The summed E-state index contributed by atoms with van der Waals surface area (Å²) in [7, 11) is 1.58. The van der Waals surface area contributed by atoms with Crippen LogP contribution in [0.2, 0.25) is 0 Å². The van der Waals surface area contributed by atoms with Crippen LogP contribution < -0.4 is 4.74 Å². The van der Waals surface area contributed by atoms with E-state index < -0.39 is 0 Å². The zero-order valence-electron chi connectivity index (χ0n) is 14.7. The summed E-state index contributed by atoms with van der Waals surface area (Å²) in [5, 5.41) is 9.66. The molecule has 0 bridgehead atoms. The molecule has 132 valence electrons. The second-order valence-electron chi connectivity index (χ2n) is 5.91. The Morgan fingerprint density at radius 2 is 2.19 bits per heavy atom. The van der Waals surface area contributed by atoms with Crippen LogP contribution in [0.15, 0.2) is 47.1 Å². The Balaban J connectivity index is 2.03. The maximum absolute atomic E-state index is 13.2. The summed E-state index contributed by atoms with van der Waals surface area (Å²) in [6.45, 7) is 2.48. The number of fused-ring (bicyclic) bond motifs is 1. The highest BCUT2D eigenvalue weighted by atomic mass is 16.5. The molecular weight excluding hydrogens is 330 g/mol. The maximum atomic E-state index is 13.2. The zero-order valence-corrected chi connectivity index (χ0v) is 14.7. The van der Waals surface area contributed by atoms with Crippen LogP contribution in [0.5, 0.6) is 5.75 Å². The smallest absolute Gasteiger partial charge is 0.255 e. The molecule has 0 aliphatic heterocycles. The molecule has 0 fully saturated rings. The maximum Gasteiger partial charge on any atom is 0.255 e. The fraction of sp³-hybridized carbons (Fsp3) is 0.250. The number of carbonyl (C=O) groups is 1. The predicted octanol–water partition coefficient (Wildman–Crippen LogP) is 3.70. The van der Waals surface area contributed by atoms with Gasteiger partial charge in [0.25, 0.3) is 5.91 Å². The summed E-state index contributed by atoms with van der Waals surface area (Å²) in [6.07, 6.45) is 1.82. The van der Waals surface area contributed by atoms with Crippen molar-refractivity contribution in [1.29, 1.82) is 5.26 Å². The third-order valence-electron chi connectivity index (χ3n) is 4.08. The number of aryl methyl sites for hydroxylation is 1. The number of nitrogens with zero attached hydrogens (tertiary/aromatic N) is 3. The van der Waals surface area contributed by atoms with Crippen molar-refractivity contribution in [2.24, 2.45) is 0 Å². The van der Waals surface area contributed by atoms with E-state index in [0.29, 0.717) is 30.2 Å². The van der Waals surface area contributed by atoms with Crippen molar-refractivity contribution in [2.45, 2.75) is 19.9 Å². The van der Waals surface area contributed by atoms with Gasteiger partial charge in [0.1, 0.15) is 11.5 Å². The first-order chi connectivity index (χ1) is 12.6. The van der Waals surface area contributed by atoms with Crippen molar-refractivity contribution in [3.8, 4) is 11.8 Å². The monoisotopic (exact) mass is 349 g/mol. The number of pyridine rings is 1. The molecule has 3 aromatic rings. The summed E-state index contributed by atoms with van der Waals surface area (Å²) >= 11 is 0. The van der Waals surface area contributed by atoms with Gasteiger partial charge in [-0.1, -0.05) is 0 Å². The molecule has 0 atom stereocenters. The van der Waals surface area contributed by atoms with Gasteiger partial charge in [0, 0.05) is 17.6 Å². The Morgan fingerprint density at radius 3 is 2.88 bits per heavy atom. The number of carbonyl (C=O) groups excluding carboxylic acids is 1. The fourth-order valence-electron chi connectivity index (χ4n) is 2.84. The Labute approximate surface area is 151 Å². The molecule has 1 amide bonds. The number of methoxy groups -OCH3 is 1. The Hall–Kier alpha value is -3.33. The number of nitriles is 1. The highest BCUT2D eigenvalue weighted by Gasteiger charge is 2.20. The molecule has 3 rings (SSSR count). The molecule has 0 aliphatic rings. The van der Waals surface area contributed by atoms with E-state index in [2.05, 4.69) is 11.1 Å². The molecule has 26 heavy (non-hydrogen) atoms. The molecule has 1 aromatic carbocycles. The van der Waals surface area contributed by atoms with E-state index in [4.69, 9.17) is 14.4 Å². The lowest BCUT2D eigenvalue weighted by Crippen LogP contribution is -2.31.